The molecule has 0 atom stereocenters. The number of ketones is 1. The lowest BCUT2D eigenvalue weighted by atomic mass is 9.96. The monoisotopic (exact) mass is 295 g/mol. The summed E-state index contributed by atoms with van der Waals surface area (Å²) in [6.07, 6.45) is 3.89. The van der Waals surface area contributed by atoms with E-state index in [1.807, 2.05) is 6.92 Å². The molecular formula is C17H14FN3O. The van der Waals surface area contributed by atoms with Gasteiger partial charge in [-0.05, 0) is 37.5 Å². The van der Waals surface area contributed by atoms with Gasteiger partial charge < -0.3 is 0 Å². The standard InChI is InChI=1S/C17H14FN3O/c1-10-16(11-5-7-12(18)8-6-11)17-19-9-13-14(21(17)20-10)3-2-4-15(13)22/h5-9H,2-4H2,1H3. The molecule has 5 heteroatoms. The molecule has 1 aliphatic carbocycles. The number of aromatic nitrogens is 3. The van der Waals surface area contributed by atoms with Crippen molar-refractivity contribution in [2.75, 3.05) is 0 Å². The number of rotatable bonds is 1. The largest absolute Gasteiger partial charge is 0.294 e. The summed E-state index contributed by atoms with van der Waals surface area (Å²) in [5.41, 5.74) is 4.91. The summed E-state index contributed by atoms with van der Waals surface area (Å²) < 4.78 is 14.9. The van der Waals surface area contributed by atoms with Crippen molar-refractivity contribution in [3.63, 3.8) is 0 Å². The van der Waals surface area contributed by atoms with E-state index in [4.69, 9.17) is 0 Å². The Morgan fingerprint density at radius 2 is 1.95 bits per heavy atom. The molecule has 0 saturated carbocycles. The van der Waals surface area contributed by atoms with E-state index in [1.165, 1.54) is 12.1 Å². The lowest BCUT2D eigenvalue weighted by molar-refractivity contribution is 0.0970. The van der Waals surface area contributed by atoms with E-state index >= 15 is 0 Å². The normalized spacial score (nSPS) is 14.4. The molecule has 2 aromatic heterocycles. The third-order valence-corrected chi connectivity index (χ3v) is 4.17. The first-order valence-electron chi connectivity index (χ1n) is 7.31. The van der Waals surface area contributed by atoms with Gasteiger partial charge in [0.15, 0.2) is 11.4 Å². The minimum Gasteiger partial charge on any atom is -0.294 e. The molecule has 0 fully saturated rings. The number of fused-ring (bicyclic) bond motifs is 3. The molecule has 1 aliphatic rings. The van der Waals surface area contributed by atoms with Crippen LogP contribution in [0, 0.1) is 12.7 Å². The van der Waals surface area contributed by atoms with Gasteiger partial charge in [-0.15, -0.1) is 0 Å². The Kier molecular flexibility index (Phi) is 2.82. The average Bonchev–Trinajstić information content (AvgIpc) is 2.85. The number of hydrogen-bond acceptors (Lipinski definition) is 3. The van der Waals surface area contributed by atoms with Gasteiger partial charge in [-0.25, -0.2) is 13.9 Å². The van der Waals surface area contributed by atoms with Gasteiger partial charge in [0.1, 0.15) is 5.82 Å². The van der Waals surface area contributed by atoms with Gasteiger partial charge in [-0.3, -0.25) is 4.79 Å². The van der Waals surface area contributed by atoms with Gasteiger partial charge in [0.05, 0.1) is 17.0 Å². The minimum absolute atomic E-state index is 0.132. The zero-order valence-electron chi connectivity index (χ0n) is 12.1. The molecule has 0 bridgehead atoms. The second kappa shape index (κ2) is 4.73. The topological polar surface area (TPSA) is 47.3 Å². The highest BCUT2D eigenvalue weighted by molar-refractivity contribution is 5.98. The van der Waals surface area contributed by atoms with Crippen LogP contribution in [0.25, 0.3) is 16.8 Å². The van der Waals surface area contributed by atoms with E-state index in [0.29, 0.717) is 12.0 Å². The SMILES string of the molecule is Cc1nn2c3c(cnc2c1-c1ccc(F)cc1)C(=O)CCC3. The summed E-state index contributed by atoms with van der Waals surface area (Å²) in [4.78, 5) is 16.5. The molecule has 0 spiro atoms. The van der Waals surface area contributed by atoms with Gasteiger partial charge in [0.25, 0.3) is 0 Å². The van der Waals surface area contributed by atoms with Crippen molar-refractivity contribution in [3.05, 3.63) is 53.2 Å². The summed E-state index contributed by atoms with van der Waals surface area (Å²) in [6, 6.07) is 6.32. The summed E-state index contributed by atoms with van der Waals surface area (Å²) in [5.74, 6) is -0.138. The summed E-state index contributed by atoms with van der Waals surface area (Å²) in [5, 5.41) is 4.57. The fraction of sp³-hybridized carbons (Fsp3) is 0.235. The molecule has 110 valence electrons. The first kappa shape index (κ1) is 13.1. The summed E-state index contributed by atoms with van der Waals surface area (Å²) in [7, 11) is 0. The van der Waals surface area contributed by atoms with E-state index in [9.17, 15) is 9.18 Å². The predicted molar refractivity (Wildman–Crippen MR) is 80.4 cm³/mol. The molecular weight excluding hydrogens is 281 g/mol. The molecule has 0 saturated heterocycles. The molecule has 4 rings (SSSR count). The van der Waals surface area contributed by atoms with Crippen LogP contribution in [0.15, 0.2) is 30.5 Å². The summed E-state index contributed by atoms with van der Waals surface area (Å²) >= 11 is 0. The lowest BCUT2D eigenvalue weighted by Gasteiger charge is -2.15. The molecule has 4 nitrogen and oxygen atoms in total. The highest BCUT2D eigenvalue weighted by Crippen LogP contribution is 2.30. The van der Waals surface area contributed by atoms with Crippen LogP contribution >= 0.6 is 0 Å². The molecule has 0 aliphatic heterocycles. The highest BCUT2D eigenvalue weighted by atomic mass is 19.1. The van der Waals surface area contributed by atoms with E-state index in [0.717, 1.165) is 41.0 Å². The number of benzene rings is 1. The Labute approximate surface area is 126 Å². The average molecular weight is 295 g/mol. The third kappa shape index (κ3) is 1.85. The van der Waals surface area contributed by atoms with Crippen LogP contribution in [0.1, 0.15) is 34.6 Å². The van der Waals surface area contributed by atoms with Crippen LogP contribution in [-0.4, -0.2) is 20.4 Å². The van der Waals surface area contributed by atoms with Crippen LogP contribution in [-0.2, 0) is 6.42 Å². The van der Waals surface area contributed by atoms with Gasteiger partial charge in [-0.1, -0.05) is 12.1 Å². The molecule has 1 aromatic carbocycles. The predicted octanol–water partition coefficient (Wildman–Crippen LogP) is 3.36. The van der Waals surface area contributed by atoms with Gasteiger partial charge in [-0.2, -0.15) is 5.10 Å². The van der Waals surface area contributed by atoms with Crippen molar-refractivity contribution in [2.24, 2.45) is 0 Å². The zero-order valence-corrected chi connectivity index (χ0v) is 12.1. The number of nitrogens with zero attached hydrogens (tertiary/aromatic N) is 3. The first-order chi connectivity index (χ1) is 10.6. The van der Waals surface area contributed by atoms with Crippen LogP contribution in [0.2, 0.25) is 0 Å². The number of Topliss-reactive ketones (excluding diaryl/α,β-unsaturated/α-hetero) is 1. The Morgan fingerprint density at radius 1 is 1.18 bits per heavy atom. The molecule has 3 aromatic rings. The van der Waals surface area contributed by atoms with Crippen LogP contribution in [0.5, 0.6) is 0 Å². The van der Waals surface area contributed by atoms with Gasteiger partial charge in [0, 0.05) is 18.2 Å². The van der Waals surface area contributed by atoms with Crippen molar-refractivity contribution in [2.45, 2.75) is 26.2 Å². The second-order valence-electron chi connectivity index (χ2n) is 5.60. The fourth-order valence-corrected chi connectivity index (χ4v) is 3.12. The van der Waals surface area contributed by atoms with Crippen molar-refractivity contribution in [3.8, 4) is 11.1 Å². The quantitative estimate of drug-likeness (QED) is 0.691. The van der Waals surface area contributed by atoms with E-state index in [1.54, 1.807) is 22.8 Å². The Balaban J connectivity index is 1.99. The Bertz CT molecular complexity index is 896. The third-order valence-electron chi connectivity index (χ3n) is 4.17. The zero-order chi connectivity index (χ0) is 15.3. The second-order valence-corrected chi connectivity index (χ2v) is 5.60. The molecule has 22 heavy (non-hydrogen) atoms. The number of hydrogen-bond donors (Lipinski definition) is 0. The van der Waals surface area contributed by atoms with Crippen molar-refractivity contribution in [1.82, 2.24) is 14.6 Å². The molecule has 2 heterocycles. The maximum Gasteiger partial charge on any atom is 0.166 e. The van der Waals surface area contributed by atoms with Crippen LogP contribution in [0.3, 0.4) is 0 Å². The van der Waals surface area contributed by atoms with Crippen LogP contribution < -0.4 is 0 Å². The van der Waals surface area contributed by atoms with E-state index in [-0.39, 0.29) is 11.6 Å². The Morgan fingerprint density at radius 3 is 2.73 bits per heavy atom. The molecule has 0 radical (unpaired) electrons. The fourth-order valence-electron chi connectivity index (χ4n) is 3.12. The maximum absolute atomic E-state index is 13.1. The van der Waals surface area contributed by atoms with E-state index in [2.05, 4.69) is 10.1 Å². The minimum atomic E-state index is -0.270. The number of carbonyl (C=O) groups is 1. The van der Waals surface area contributed by atoms with E-state index < -0.39 is 0 Å². The molecule has 0 unspecified atom stereocenters. The Hall–Kier alpha value is -2.56. The van der Waals surface area contributed by atoms with Crippen molar-refractivity contribution < 1.29 is 9.18 Å². The molecule has 0 N–H and O–H groups in total. The van der Waals surface area contributed by atoms with Gasteiger partial charge in [0.2, 0.25) is 0 Å². The number of aryl methyl sites for hydroxylation is 2. The molecule has 0 amide bonds. The first-order valence-corrected chi connectivity index (χ1v) is 7.31. The maximum atomic E-state index is 13.1. The number of carbonyl (C=O) groups excluding carboxylic acids is 1. The smallest absolute Gasteiger partial charge is 0.166 e. The summed E-state index contributed by atoms with van der Waals surface area (Å²) in [6.45, 7) is 1.91. The van der Waals surface area contributed by atoms with Crippen LogP contribution in [0.4, 0.5) is 4.39 Å². The van der Waals surface area contributed by atoms with Crippen molar-refractivity contribution in [1.29, 1.82) is 0 Å². The van der Waals surface area contributed by atoms with Gasteiger partial charge >= 0.3 is 0 Å². The lowest BCUT2D eigenvalue weighted by Crippen LogP contribution is -2.16. The number of halogens is 1. The highest BCUT2D eigenvalue weighted by Gasteiger charge is 2.23. The van der Waals surface area contributed by atoms with Crippen molar-refractivity contribution >= 4 is 11.4 Å².